The molecule has 0 spiro atoms. The summed E-state index contributed by atoms with van der Waals surface area (Å²) in [5, 5.41) is 9.24. The lowest BCUT2D eigenvalue weighted by molar-refractivity contribution is -0.138. The first kappa shape index (κ1) is 21.4. The zero-order chi connectivity index (χ0) is 20.0. The van der Waals surface area contributed by atoms with Gasteiger partial charge in [-0.1, -0.05) is 25.5 Å². The third kappa shape index (κ3) is 5.52. The molecule has 150 valence electrons. The number of aliphatic carboxylic acids is 1. The van der Waals surface area contributed by atoms with Crippen molar-refractivity contribution in [1.29, 1.82) is 0 Å². The second-order valence-electron chi connectivity index (χ2n) is 6.80. The maximum atomic E-state index is 12.9. The Morgan fingerprint density at radius 3 is 2.22 bits per heavy atom. The fourth-order valence-corrected chi connectivity index (χ4v) is 4.53. The first-order valence-electron chi connectivity index (χ1n) is 9.38. The van der Waals surface area contributed by atoms with Crippen molar-refractivity contribution in [2.24, 2.45) is 0 Å². The minimum Gasteiger partial charge on any atom is -0.480 e. The number of carbonyl (C=O) groups is 2. The van der Waals surface area contributed by atoms with Gasteiger partial charge in [-0.25, -0.2) is 12.7 Å². The van der Waals surface area contributed by atoms with Crippen molar-refractivity contribution in [2.45, 2.75) is 45.6 Å². The molecule has 0 bridgehead atoms. The molecule has 27 heavy (non-hydrogen) atoms. The predicted molar refractivity (Wildman–Crippen MR) is 103 cm³/mol. The Bertz CT molecular complexity index is 753. The van der Waals surface area contributed by atoms with Crippen LogP contribution in [-0.2, 0) is 21.2 Å². The average Bonchev–Trinajstić information content (AvgIpc) is 2.66. The number of aryl methyl sites for hydroxylation is 1. The standard InChI is InChI=1S/C19H28N2O5S/c1-3-5-15-6-8-16(9-7-15)19(24)21(14-18(22)23)17-10-12-20(13-11-17)27(25,26)4-2/h6-9,17H,3-5,10-14H2,1-2H3,(H,22,23). The number of amides is 1. The van der Waals surface area contributed by atoms with E-state index >= 15 is 0 Å². The van der Waals surface area contributed by atoms with Gasteiger partial charge in [0.1, 0.15) is 6.54 Å². The Kier molecular flexibility index (Phi) is 7.38. The third-order valence-electron chi connectivity index (χ3n) is 4.93. The van der Waals surface area contributed by atoms with Gasteiger partial charge in [0.15, 0.2) is 0 Å². The number of sulfonamides is 1. The normalized spacial score (nSPS) is 16.2. The van der Waals surface area contributed by atoms with Gasteiger partial charge in [0.25, 0.3) is 5.91 Å². The van der Waals surface area contributed by atoms with Crippen LogP contribution < -0.4 is 0 Å². The van der Waals surface area contributed by atoms with Gasteiger partial charge >= 0.3 is 5.97 Å². The molecular formula is C19H28N2O5S. The minimum atomic E-state index is -3.26. The number of benzene rings is 1. The molecule has 1 amide bonds. The Labute approximate surface area is 161 Å². The smallest absolute Gasteiger partial charge is 0.323 e. The number of hydrogen-bond donors (Lipinski definition) is 1. The lowest BCUT2D eigenvalue weighted by atomic mass is 10.0. The zero-order valence-electron chi connectivity index (χ0n) is 15.9. The number of nitrogens with zero attached hydrogens (tertiary/aromatic N) is 2. The van der Waals surface area contributed by atoms with Crippen molar-refractivity contribution in [1.82, 2.24) is 9.21 Å². The summed E-state index contributed by atoms with van der Waals surface area (Å²) >= 11 is 0. The first-order valence-corrected chi connectivity index (χ1v) is 11.0. The Morgan fingerprint density at radius 2 is 1.74 bits per heavy atom. The van der Waals surface area contributed by atoms with E-state index in [0.29, 0.717) is 31.5 Å². The molecule has 0 unspecified atom stereocenters. The minimum absolute atomic E-state index is 0.0412. The highest BCUT2D eigenvalue weighted by Crippen LogP contribution is 2.21. The van der Waals surface area contributed by atoms with Crippen LogP contribution in [0.5, 0.6) is 0 Å². The molecule has 8 heteroatoms. The van der Waals surface area contributed by atoms with Crippen molar-refractivity contribution in [3.8, 4) is 0 Å². The van der Waals surface area contributed by atoms with Crippen LogP contribution in [0.15, 0.2) is 24.3 Å². The van der Waals surface area contributed by atoms with E-state index in [9.17, 15) is 23.1 Å². The van der Waals surface area contributed by atoms with Crippen molar-refractivity contribution in [2.75, 3.05) is 25.4 Å². The van der Waals surface area contributed by atoms with Crippen LogP contribution in [-0.4, -0.2) is 66.0 Å². The molecule has 1 aliphatic heterocycles. The maximum absolute atomic E-state index is 12.9. The van der Waals surface area contributed by atoms with Gasteiger partial charge in [-0.15, -0.1) is 0 Å². The number of carboxylic acid groups (broad SMARTS) is 1. The fraction of sp³-hybridized carbons (Fsp3) is 0.579. The highest BCUT2D eigenvalue weighted by molar-refractivity contribution is 7.89. The molecule has 0 atom stereocenters. The monoisotopic (exact) mass is 396 g/mol. The molecule has 1 saturated heterocycles. The molecule has 1 aliphatic rings. The molecule has 1 fully saturated rings. The number of carbonyl (C=O) groups excluding carboxylic acids is 1. The Hall–Kier alpha value is -1.93. The van der Waals surface area contributed by atoms with Gasteiger partial charge in [-0.2, -0.15) is 0 Å². The molecule has 1 heterocycles. The van der Waals surface area contributed by atoms with Gasteiger partial charge in [0.05, 0.1) is 5.75 Å². The molecule has 0 aromatic heterocycles. The summed E-state index contributed by atoms with van der Waals surface area (Å²) in [4.78, 5) is 25.6. The van der Waals surface area contributed by atoms with Crippen molar-refractivity contribution < 1.29 is 23.1 Å². The highest BCUT2D eigenvalue weighted by Gasteiger charge is 2.33. The van der Waals surface area contributed by atoms with Crippen molar-refractivity contribution >= 4 is 21.9 Å². The quantitative estimate of drug-likeness (QED) is 0.725. The first-order chi connectivity index (χ1) is 12.8. The van der Waals surface area contributed by atoms with E-state index in [1.807, 2.05) is 12.1 Å². The summed E-state index contributed by atoms with van der Waals surface area (Å²) in [7, 11) is -3.26. The van der Waals surface area contributed by atoms with Crippen molar-refractivity contribution in [3.63, 3.8) is 0 Å². The molecule has 0 aliphatic carbocycles. The fourth-order valence-electron chi connectivity index (χ4n) is 3.40. The van der Waals surface area contributed by atoms with Crippen LogP contribution in [0.25, 0.3) is 0 Å². The summed E-state index contributed by atoms with van der Waals surface area (Å²) in [5.74, 6) is -1.36. The molecule has 7 nitrogen and oxygen atoms in total. The van der Waals surface area contributed by atoms with Gasteiger partial charge in [0, 0.05) is 24.7 Å². The van der Waals surface area contributed by atoms with Gasteiger partial charge in [-0.3, -0.25) is 9.59 Å². The van der Waals surface area contributed by atoms with Gasteiger partial charge in [0.2, 0.25) is 10.0 Å². The summed E-state index contributed by atoms with van der Waals surface area (Å²) in [6, 6.07) is 6.97. The lowest BCUT2D eigenvalue weighted by Gasteiger charge is -2.37. The Morgan fingerprint density at radius 1 is 1.15 bits per heavy atom. The third-order valence-corrected chi connectivity index (χ3v) is 6.81. The molecular weight excluding hydrogens is 368 g/mol. The number of piperidine rings is 1. The van der Waals surface area contributed by atoms with Crippen LogP contribution in [0.3, 0.4) is 0 Å². The van der Waals surface area contributed by atoms with Crippen LogP contribution in [0, 0.1) is 0 Å². The van der Waals surface area contributed by atoms with E-state index in [2.05, 4.69) is 6.92 Å². The number of carboxylic acids is 1. The van der Waals surface area contributed by atoms with Crippen LogP contribution in [0.1, 0.15) is 49.0 Å². The molecule has 2 rings (SSSR count). The maximum Gasteiger partial charge on any atom is 0.323 e. The average molecular weight is 397 g/mol. The predicted octanol–water partition coefficient (Wildman–Crippen LogP) is 1.98. The number of hydrogen-bond acceptors (Lipinski definition) is 4. The molecule has 1 aromatic carbocycles. The van der Waals surface area contributed by atoms with Gasteiger partial charge in [-0.05, 0) is 43.9 Å². The molecule has 0 saturated carbocycles. The second-order valence-corrected chi connectivity index (χ2v) is 9.06. The lowest BCUT2D eigenvalue weighted by Crippen LogP contribution is -2.50. The summed E-state index contributed by atoms with van der Waals surface area (Å²) in [6.45, 7) is 3.91. The van der Waals surface area contributed by atoms with E-state index in [1.165, 1.54) is 9.21 Å². The van der Waals surface area contributed by atoms with E-state index in [0.717, 1.165) is 18.4 Å². The van der Waals surface area contributed by atoms with Crippen LogP contribution in [0.4, 0.5) is 0 Å². The topological polar surface area (TPSA) is 95.0 Å². The van der Waals surface area contributed by atoms with Crippen LogP contribution >= 0.6 is 0 Å². The summed E-state index contributed by atoms with van der Waals surface area (Å²) in [5.41, 5.74) is 1.59. The van der Waals surface area contributed by atoms with E-state index in [1.54, 1.807) is 19.1 Å². The van der Waals surface area contributed by atoms with E-state index in [-0.39, 0.29) is 24.2 Å². The number of rotatable bonds is 8. The molecule has 0 radical (unpaired) electrons. The van der Waals surface area contributed by atoms with E-state index < -0.39 is 16.0 Å². The van der Waals surface area contributed by atoms with Crippen molar-refractivity contribution in [3.05, 3.63) is 35.4 Å². The summed E-state index contributed by atoms with van der Waals surface area (Å²) < 4.78 is 25.4. The van der Waals surface area contributed by atoms with Gasteiger partial charge < -0.3 is 10.0 Å². The SMILES string of the molecule is CCCc1ccc(C(=O)N(CC(=O)O)C2CCN(S(=O)(=O)CC)CC2)cc1. The largest absolute Gasteiger partial charge is 0.480 e. The molecule has 1 N–H and O–H groups in total. The zero-order valence-corrected chi connectivity index (χ0v) is 16.7. The van der Waals surface area contributed by atoms with E-state index in [4.69, 9.17) is 0 Å². The summed E-state index contributed by atoms with van der Waals surface area (Å²) in [6.07, 6.45) is 2.81. The van der Waals surface area contributed by atoms with Crippen LogP contribution in [0.2, 0.25) is 0 Å². The second kappa shape index (κ2) is 9.32. The Balaban J connectivity index is 2.13. The molecule has 1 aromatic rings. The highest BCUT2D eigenvalue weighted by atomic mass is 32.2.